The first kappa shape index (κ1) is 22.7. The van der Waals surface area contributed by atoms with Gasteiger partial charge in [0.2, 0.25) is 0 Å². The normalized spacial score (nSPS) is 16.1. The van der Waals surface area contributed by atoms with Crippen molar-refractivity contribution >= 4 is 5.96 Å². The van der Waals surface area contributed by atoms with E-state index in [4.69, 9.17) is 4.99 Å². The third-order valence-electron chi connectivity index (χ3n) is 5.35. The number of aliphatic hydroxyl groups excluding tert-OH is 1. The molecule has 1 aliphatic rings. The second-order valence-electron chi connectivity index (χ2n) is 8.30. The van der Waals surface area contributed by atoms with Crippen molar-refractivity contribution in [2.24, 2.45) is 16.8 Å². The number of fused-ring (bicyclic) bond motifs is 1. The van der Waals surface area contributed by atoms with Gasteiger partial charge in [-0.1, -0.05) is 38.1 Å². The number of benzene rings is 1. The van der Waals surface area contributed by atoms with E-state index in [9.17, 15) is 5.11 Å². The van der Waals surface area contributed by atoms with Gasteiger partial charge < -0.3 is 15.7 Å². The Hall–Kier alpha value is -1.59. The van der Waals surface area contributed by atoms with Crippen LogP contribution in [0.3, 0.4) is 0 Å². The highest BCUT2D eigenvalue weighted by molar-refractivity contribution is 5.79. The lowest BCUT2D eigenvalue weighted by Gasteiger charge is -2.28. The number of aliphatic hydroxyl groups is 1. The second kappa shape index (κ2) is 12.8. The van der Waals surface area contributed by atoms with Gasteiger partial charge in [0.05, 0.1) is 0 Å². The lowest BCUT2D eigenvalue weighted by molar-refractivity contribution is 0.245. The summed E-state index contributed by atoms with van der Waals surface area (Å²) in [7, 11) is 0. The molecule has 1 aromatic carbocycles. The van der Waals surface area contributed by atoms with Gasteiger partial charge in [-0.2, -0.15) is 0 Å². The zero-order valence-corrected chi connectivity index (χ0v) is 18.1. The minimum absolute atomic E-state index is 0.246. The molecule has 5 heteroatoms. The van der Waals surface area contributed by atoms with E-state index in [1.54, 1.807) is 0 Å². The van der Waals surface area contributed by atoms with Gasteiger partial charge in [0, 0.05) is 45.9 Å². The predicted molar refractivity (Wildman–Crippen MR) is 119 cm³/mol. The van der Waals surface area contributed by atoms with Crippen LogP contribution in [0.1, 0.15) is 51.2 Å². The molecule has 1 aromatic rings. The molecule has 1 atom stereocenters. The summed E-state index contributed by atoms with van der Waals surface area (Å²) >= 11 is 0. The summed E-state index contributed by atoms with van der Waals surface area (Å²) in [5, 5.41) is 16.1. The quantitative estimate of drug-likeness (QED) is 0.310. The molecule has 1 aliphatic heterocycles. The molecule has 28 heavy (non-hydrogen) atoms. The average Bonchev–Trinajstić information content (AvgIpc) is 2.68. The standard InChI is InChI=1S/C23H40N4O/c1-4-24-23(26-17-20(11-15-28)16-19(2)3)25-12-7-13-27-14-10-21-8-5-6-9-22(21)18-27/h5-6,8-9,19-20,28H,4,7,10-18H2,1-3H3,(H2,24,25,26). The third kappa shape index (κ3) is 8.19. The van der Waals surface area contributed by atoms with Crippen molar-refractivity contribution in [1.82, 2.24) is 15.5 Å². The highest BCUT2D eigenvalue weighted by Crippen LogP contribution is 2.18. The van der Waals surface area contributed by atoms with E-state index in [1.165, 1.54) is 11.1 Å². The minimum atomic E-state index is 0.246. The van der Waals surface area contributed by atoms with Crippen molar-refractivity contribution in [1.29, 1.82) is 0 Å². The molecule has 0 fully saturated rings. The number of hydrogen-bond donors (Lipinski definition) is 3. The summed E-state index contributed by atoms with van der Waals surface area (Å²) in [5.41, 5.74) is 2.99. The molecule has 0 spiro atoms. The van der Waals surface area contributed by atoms with Crippen LogP contribution in [-0.2, 0) is 13.0 Å². The fourth-order valence-corrected chi connectivity index (χ4v) is 3.95. The van der Waals surface area contributed by atoms with Gasteiger partial charge in [-0.05, 0) is 55.6 Å². The van der Waals surface area contributed by atoms with E-state index in [0.29, 0.717) is 11.8 Å². The van der Waals surface area contributed by atoms with Gasteiger partial charge in [-0.15, -0.1) is 0 Å². The van der Waals surface area contributed by atoms with Gasteiger partial charge in [0.1, 0.15) is 0 Å². The number of nitrogens with one attached hydrogen (secondary N) is 2. The Balaban J connectivity index is 1.73. The first-order chi connectivity index (χ1) is 13.6. The third-order valence-corrected chi connectivity index (χ3v) is 5.35. The van der Waals surface area contributed by atoms with Gasteiger partial charge in [-0.25, -0.2) is 0 Å². The molecule has 1 heterocycles. The maximum atomic E-state index is 9.29. The highest BCUT2D eigenvalue weighted by atomic mass is 16.3. The molecule has 3 N–H and O–H groups in total. The van der Waals surface area contributed by atoms with E-state index in [2.05, 4.69) is 60.6 Å². The molecule has 0 saturated carbocycles. The molecule has 5 nitrogen and oxygen atoms in total. The van der Waals surface area contributed by atoms with Gasteiger partial charge in [0.15, 0.2) is 5.96 Å². The maximum absolute atomic E-state index is 9.29. The van der Waals surface area contributed by atoms with Crippen LogP contribution in [-0.4, -0.2) is 55.3 Å². The number of hydrogen-bond acceptors (Lipinski definition) is 3. The summed E-state index contributed by atoms with van der Waals surface area (Å²) in [6, 6.07) is 8.81. The summed E-state index contributed by atoms with van der Waals surface area (Å²) < 4.78 is 0. The summed E-state index contributed by atoms with van der Waals surface area (Å²) in [6.45, 7) is 12.7. The van der Waals surface area contributed by atoms with Crippen LogP contribution in [0.2, 0.25) is 0 Å². The van der Waals surface area contributed by atoms with Crippen molar-refractivity contribution in [2.45, 2.75) is 53.0 Å². The molecule has 0 bridgehead atoms. The number of aliphatic imine (C=N–C) groups is 1. The topological polar surface area (TPSA) is 59.9 Å². The van der Waals surface area contributed by atoms with Crippen molar-refractivity contribution in [3.8, 4) is 0 Å². The van der Waals surface area contributed by atoms with E-state index >= 15 is 0 Å². The Morgan fingerprint density at radius 3 is 2.71 bits per heavy atom. The van der Waals surface area contributed by atoms with Crippen molar-refractivity contribution in [2.75, 3.05) is 39.3 Å². The number of guanidine groups is 1. The first-order valence-corrected chi connectivity index (χ1v) is 11.0. The van der Waals surface area contributed by atoms with E-state index in [0.717, 1.165) is 70.9 Å². The van der Waals surface area contributed by atoms with Crippen molar-refractivity contribution in [3.05, 3.63) is 35.4 Å². The van der Waals surface area contributed by atoms with E-state index in [1.807, 2.05) is 0 Å². The largest absolute Gasteiger partial charge is 0.396 e. The molecule has 0 saturated heterocycles. The molecular weight excluding hydrogens is 348 g/mol. The Kier molecular flexibility index (Phi) is 10.4. The summed E-state index contributed by atoms with van der Waals surface area (Å²) in [6.07, 6.45) is 4.21. The highest BCUT2D eigenvalue weighted by Gasteiger charge is 2.15. The van der Waals surface area contributed by atoms with Gasteiger partial charge >= 0.3 is 0 Å². The van der Waals surface area contributed by atoms with Crippen molar-refractivity contribution < 1.29 is 5.11 Å². The lowest BCUT2D eigenvalue weighted by Crippen LogP contribution is -2.39. The first-order valence-electron chi connectivity index (χ1n) is 11.0. The van der Waals surface area contributed by atoms with Crippen LogP contribution in [0.5, 0.6) is 0 Å². The smallest absolute Gasteiger partial charge is 0.191 e. The number of rotatable bonds is 11. The average molecular weight is 389 g/mol. The number of nitrogens with zero attached hydrogens (tertiary/aromatic N) is 2. The van der Waals surface area contributed by atoms with Gasteiger partial charge in [0.25, 0.3) is 0 Å². The summed E-state index contributed by atoms with van der Waals surface area (Å²) in [4.78, 5) is 7.32. The van der Waals surface area contributed by atoms with Crippen LogP contribution in [0, 0.1) is 11.8 Å². The van der Waals surface area contributed by atoms with Gasteiger partial charge in [-0.3, -0.25) is 9.89 Å². The van der Waals surface area contributed by atoms with Crippen LogP contribution < -0.4 is 10.6 Å². The van der Waals surface area contributed by atoms with Crippen molar-refractivity contribution in [3.63, 3.8) is 0 Å². The molecular formula is C23H40N4O. The fraction of sp³-hybridized carbons (Fsp3) is 0.696. The van der Waals surface area contributed by atoms with E-state index < -0.39 is 0 Å². The zero-order valence-electron chi connectivity index (χ0n) is 18.1. The Labute approximate surface area is 171 Å². The zero-order chi connectivity index (χ0) is 20.2. The second-order valence-corrected chi connectivity index (χ2v) is 8.30. The molecule has 2 rings (SSSR count). The molecule has 0 radical (unpaired) electrons. The molecule has 158 valence electrons. The Morgan fingerprint density at radius 2 is 2.00 bits per heavy atom. The molecule has 1 unspecified atom stereocenters. The Morgan fingerprint density at radius 1 is 1.21 bits per heavy atom. The molecule has 0 aromatic heterocycles. The summed E-state index contributed by atoms with van der Waals surface area (Å²) in [5.74, 6) is 1.99. The molecule has 0 aliphatic carbocycles. The lowest BCUT2D eigenvalue weighted by atomic mass is 9.94. The molecule has 0 amide bonds. The Bertz CT molecular complexity index is 588. The fourth-order valence-electron chi connectivity index (χ4n) is 3.95. The SMILES string of the molecule is CCNC(=NCC(CCO)CC(C)C)NCCCN1CCc2ccccc2C1. The van der Waals surface area contributed by atoms with Crippen LogP contribution in [0.15, 0.2) is 29.3 Å². The van der Waals surface area contributed by atoms with E-state index in [-0.39, 0.29) is 6.61 Å². The monoisotopic (exact) mass is 388 g/mol. The maximum Gasteiger partial charge on any atom is 0.191 e. The van der Waals surface area contributed by atoms with Crippen LogP contribution in [0.4, 0.5) is 0 Å². The van der Waals surface area contributed by atoms with Crippen LogP contribution in [0.25, 0.3) is 0 Å². The van der Waals surface area contributed by atoms with Crippen LogP contribution >= 0.6 is 0 Å². The predicted octanol–water partition coefficient (Wildman–Crippen LogP) is 3.03. The minimum Gasteiger partial charge on any atom is -0.396 e.